The summed E-state index contributed by atoms with van der Waals surface area (Å²) in [6.45, 7) is 3.35. The Bertz CT molecular complexity index is 741. The van der Waals surface area contributed by atoms with Crippen LogP contribution in [0.5, 0.6) is 0 Å². The summed E-state index contributed by atoms with van der Waals surface area (Å²) in [4.78, 5) is 4.92. The zero-order valence-corrected chi connectivity index (χ0v) is 18.4. The Morgan fingerprint density at radius 2 is 1.57 bits per heavy atom. The molecule has 0 unspecified atom stereocenters. The first-order chi connectivity index (χ1) is 13.8. The number of hydrogen-bond donors (Lipinski definition) is 1. The molecule has 1 aliphatic rings. The molecule has 0 radical (unpaired) electrons. The Morgan fingerprint density at radius 1 is 0.893 bits per heavy atom. The van der Waals surface area contributed by atoms with Gasteiger partial charge in [-0.15, -0.1) is 0 Å². The molecule has 2 aromatic rings. The Morgan fingerprint density at radius 3 is 2.32 bits per heavy atom. The summed E-state index contributed by atoms with van der Waals surface area (Å²) in [6, 6.07) is 6.14. The van der Waals surface area contributed by atoms with Crippen LogP contribution in [0.3, 0.4) is 0 Å². The zero-order chi connectivity index (χ0) is 19.6. The normalized spacial score (nSPS) is 13.6. The lowest BCUT2D eigenvalue weighted by Crippen LogP contribution is -2.12. The van der Waals surface area contributed by atoms with Crippen LogP contribution in [-0.4, -0.2) is 11.5 Å². The lowest BCUT2D eigenvalue weighted by Gasteiger charge is -2.22. The van der Waals surface area contributed by atoms with Crippen LogP contribution in [0.2, 0.25) is 5.02 Å². The number of unbranched alkanes of at least 4 members (excludes halogenated alkanes) is 9. The molecule has 0 aliphatic heterocycles. The molecule has 1 aromatic carbocycles. The van der Waals surface area contributed by atoms with Crippen molar-refractivity contribution >= 4 is 28.2 Å². The fourth-order valence-electron chi connectivity index (χ4n) is 4.43. The molecule has 0 atom stereocenters. The van der Waals surface area contributed by atoms with E-state index in [-0.39, 0.29) is 0 Å². The fraction of sp³-hybridized carbons (Fsp3) is 0.640. The lowest BCUT2D eigenvalue weighted by molar-refractivity contribution is 0.560. The number of hydrogen-bond acceptors (Lipinski definition) is 2. The maximum absolute atomic E-state index is 6.22. The van der Waals surface area contributed by atoms with Gasteiger partial charge in [-0.25, -0.2) is 0 Å². The van der Waals surface area contributed by atoms with Crippen molar-refractivity contribution in [1.29, 1.82) is 0 Å². The van der Waals surface area contributed by atoms with Gasteiger partial charge in [-0.05, 0) is 55.9 Å². The van der Waals surface area contributed by atoms with E-state index in [0.717, 1.165) is 29.9 Å². The van der Waals surface area contributed by atoms with Crippen molar-refractivity contribution in [2.75, 3.05) is 11.9 Å². The average molecular weight is 401 g/mol. The van der Waals surface area contributed by atoms with Gasteiger partial charge in [0, 0.05) is 28.3 Å². The maximum Gasteiger partial charge on any atom is 0.0741 e. The number of nitrogens with zero attached hydrogens (tertiary/aromatic N) is 1. The summed E-state index contributed by atoms with van der Waals surface area (Å²) in [6.07, 6.45) is 18.6. The predicted molar refractivity (Wildman–Crippen MR) is 124 cm³/mol. The summed E-state index contributed by atoms with van der Waals surface area (Å²) in [5.41, 5.74) is 5.10. The minimum Gasteiger partial charge on any atom is -0.384 e. The molecule has 1 aromatic heterocycles. The number of halogens is 1. The molecular formula is C25H37ClN2. The van der Waals surface area contributed by atoms with Crippen LogP contribution < -0.4 is 5.32 Å². The van der Waals surface area contributed by atoms with Crippen molar-refractivity contribution in [1.82, 2.24) is 4.98 Å². The third-order valence-corrected chi connectivity index (χ3v) is 6.29. The van der Waals surface area contributed by atoms with Crippen LogP contribution in [0.1, 0.15) is 95.2 Å². The highest BCUT2D eigenvalue weighted by Gasteiger charge is 2.18. The van der Waals surface area contributed by atoms with Gasteiger partial charge in [-0.2, -0.15) is 0 Å². The van der Waals surface area contributed by atoms with Crippen molar-refractivity contribution in [3.05, 3.63) is 34.5 Å². The van der Waals surface area contributed by atoms with E-state index in [1.165, 1.54) is 99.4 Å². The second kappa shape index (κ2) is 11.7. The van der Waals surface area contributed by atoms with Gasteiger partial charge >= 0.3 is 0 Å². The van der Waals surface area contributed by atoms with Crippen LogP contribution in [0.15, 0.2) is 18.2 Å². The standard InChI is InChI=1S/C25H37ClN2/c1-2-3-4-5-6-7-8-9-10-13-18-27-25-21-14-11-12-15-23(21)28-24-19-20(26)16-17-22(24)25/h16-17,19H,2-15,18H2,1H3,(H,27,28). The van der Waals surface area contributed by atoms with E-state index in [1.54, 1.807) is 0 Å². The van der Waals surface area contributed by atoms with E-state index in [9.17, 15) is 0 Å². The number of pyridine rings is 1. The molecule has 0 saturated heterocycles. The Labute approximate surface area is 176 Å². The maximum atomic E-state index is 6.22. The largest absolute Gasteiger partial charge is 0.384 e. The van der Waals surface area contributed by atoms with Gasteiger partial charge in [0.2, 0.25) is 0 Å². The topological polar surface area (TPSA) is 24.9 Å². The number of nitrogens with one attached hydrogen (secondary N) is 1. The third-order valence-electron chi connectivity index (χ3n) is 6.06. The van der Waals surface area contributed by atoms with E-state index in [4.69, 9.17) is 16.6 Å². The second-order valence-electron chi connectivity index (χ2n) is 8.39. The number of benzene rings is 1. The molecule has 1 aliphatic carbocycles. The van der Waals surface area contributed by atoms with Gasteiger partial charge < -0.3 is 5.32 Å². The number of anilines is 1. The molecule has 3 heteroatoms. The summed E-state index contributed by atoms with van der Waals surface area (Å²) < 4.78 is 0. The van der Waals surface area contributed by atoms with Gasteiger partial charge in [-0.1, -0.05) is 76.3 Å². The van der Waals surface area contributed by atoms with Crippen molar-refractivity contribution in [2.45, 2.75) is 96.8 Å². The third kappa shape index (κ3) is 6.11. The summed E-state index contributed by atoms with van der Waals surface area (Å²) >= 11 is 6.22. The smallest absolute Gasteiger partial charge is 0.0741 e. The summed E-state index contributed by atoms with van der Waals surface area (Å²) in [5, 5.41) is 5.79. The first-order valence-corrected chi connectivity index (χ1v) is 12.0. The van der Waals surface area contributed by atoms with Gasteiger partial charge in [0.1, 0.15) is 0 Å². The first-order valence-electron chi connectivity index (χ1n) is 11.6. The van der Waals surface area contributed by atoms with Crippen LogP contribution in [-0.2, 0) is 12.8 Å². The number of rotatable bonds is 12. The molecular weight excluding hydrogens is 364 g/mol. The molecule has 28 heavy (non-hydrogen) atoms. The number of fused-ring (bicyclic) bond motifs is 2. The highest BCUT2D eigenvalue weighted by Crippen LogP contribution is 2.34. The minimum atomic E-state index is 0.774. The summed E-state index contributed by atoms with van der Waals surface area (Å²) in [7, 11) is 0. The highest BCUT2D eigenvalue weighted by atomic mass is 35.5. The van der Waals surface area contributed by atoms with Crippen LogP contribution in [0.4, 0.5) is 5.69 Å². The molecule has 0 fully saturated rings. The lowest BCUT2D eigenvalue weighted by atomic mass is 9.92. The average Bonchev–Trinajstić information content (AvgIpc) is 2.71. The first kappa shape index (κ1) is 21.4. The van der Waals surface area contributed by atoms with E-state index >= 15 is 0 Å². The van der Waals surface area contributed by atoms with Crippen LogP contribution in [0.25, 0.3) is 10.9 Å². The van der Waals surface area contributed by atoms with Crippen LogP contribution in [0, 0.1) is 0 Å². The quantitative estimate of drug-likeness (QED) is 0.364. The summed E-state index contributed by atoms with van der Waals surface area (Å²) in [5.74, 6) is 0. The zero-order valence-electron chi connectivity index (χ0n) is 17.7. The molecule has 3 rings (SSSR count). The van der Waals surface area contributed by atoms with Crippen molar-refractivity contribution in [2.24, 2.45) is 0 Å². The molecule has 0 spiro atoms. The van der Waals surface area contributed by atoms with Crippen molar-refractivity contribution in [3.63, 3.8) is 0 Å². The van der Waals surface area contributed by atoms with Gasteiger partial charge in [-0.3, -0.25) is 4.98 Å². The molecule has 1 N–H and O–H groups in total. The van der Waals surface area contributed by atoms with Gasteiger partial charge in [0.25, 0.3) is 0 Å². The monoisotopic (exact) mass is 400 g/mol. The molecule has 154 valence electrons. The van der Waals surface area contributed by atoms with Crippen molar-refractivity contribution < 1.29 is 0 Å². The molecule has 0 amide bonds. The predicted octanol–water partition coefficient (Wildman–Crippen LogP) is 8.10. The fourth-order valence-corrected chi connectivity index (χ4v) is 4.59. The number of aromatic nitrogens is 1. The minimum absolute atomic E-state index is 0.774. The highest BCUT2D eigenvalue weighted by molar-refractivity contribution is 6.31. The Balaban J connectivity index is 1.47. The van der Waals surface area contributed by atoms with Gasteiger partial charge in [0.15, 0.2) is 0 Å². The van der Waals surface area contributed by atoms with Crippen LogP contribution >= 0.6 is 11.6 Å². The number of aryl methyl sites for hydroxylation is 1. The Hall–Kier alpha value is -1.28. The van der Waals surface area contributed by atoms with Crippen molar-refractivity contribution in [3.8, 4) is 0 Å². The SMILES string of the molecule is CCCCCCCCCCCCNc1c2c(nc3cc(Cl)ccc13)CCCC2. The molecule has 0 saturated carbocycles. The van der Waals surface area contributed by atoms with E-state index in [0.29, 0.717) is 0 Å². The molecule has 0 bridgehead atoms. The van der Waals surface area contributed by atoms with Gasteiger partial charge in [0.05, 0.1) is 5.52 Å². The molecule has 2 nitrogen and oxygen atoms in total. The van der Waals surface area contributed by atoms with E-state index in [1.807, 2.05) is 12.1 Å². The second-order valence-corrected chi connectivity index (χ2v) is 8.83. The van der Waals surface area contributed by atoms with E-state index < -0.39 is 0 Å². The Kier molecular flexibility index (Phi) is 8.92. The molecule has 1 heterocycles. The van der Waals surface area contributed by atoms with E-state index in [2.05, 4.69) is 18.3 Å².